The molecule has 0 atom stereocenters. The summed E-state index contributed by atoms with van der Waals surface area (Å²) in [7, 11) is -0.167. The Morgan fingerprint density at radius 3 is 2.73 bits per heavy atom. The number of rotatable bonds is 5. The van der Waals surface area contributed by atoms with Gasteiger partial charge in [0.2, 0.25) is 0 Å². The van der Waals surface area contributed by atoms with E-state index in [4.69, 9.17) is 14.8 Å². The maximum atomic E-state index is 12.9. The predicted octanol–water partition coefficient (Wildman–Crippen LogP) is -0.374. The fraction of sp³-hybridized carbons (Fsp3) is 0.333. The van der Waals surface area contributed by atoms with Crippen molar-refractivity contribution in [3.8, 4) is 0 Å². The van der Waals surface area contributed by atoms with Crippen LogP contribution in [0.25, 0.3) is 0 Å². The summed E-state index contributed by atoms with van der Waals surface area (Å²) in [6, 6.07) is 3.67. The van der Waals surface area contributed by atoms with Gasteiger partial charge in [-0.15, -0.1) is 0 Å². The number of hydrogen-bond acceptors (Lipinski definition) is 4. The molecule has 6 heteroatoms. The van der Waals surface area contributed by atoms with E-state index in [1.54, 1.807) is 0 Å². The molecule has 1 aromatic rings. The smallest absolute Gasteiger partial charge is 0.423 e. The summed E-state index contributed by atoms with van der Waals surface area (Å²) in [6.45, 7) is 0.135. The van der Waals surface area contributed by atoms with E-state index in [-0.39, 0.29) is 18.9 Å². The largest absolute Gasteiger partial charge is 0.488 e. The quantitative estimate of drug-likeness (QED) is 0.398. The van der Waals surface area contributed by atoms with E-state index in [1.807, 2.05) is 0 Å². The lowest BCUT2D eigenvalue weighted by atomic mass is 9.77. The van der Waals surface area contributed by atoms with E-state index in [2.05, 4.69) is 4.74 Å². The topological polar surface area (TPSA) is 58.9 Å². The van der Waals surface area contributed by atoms with E-state index in [1.165, 1.54) is 19.2 Å². The van der Waals surface area contributed by atoms with Gasteiger partial charge in [0, 0.05) is 7.11 Å². The van der Waals surface area contributed by atoms with Gasteiger partial charge in [-0.3, -0.25) is 0 Å². The molecule has 0 saturated heterocycles. The van der Waals surface area contributed by atoms with Gasteiger partial charge in [0.25, 0.3) is 0 Å². The Balaban J connectivity index is 2.77. The first-order valence-corrected chi connectivity index (χ1v) is 4.36. The molecule has 0 unspecified atom stereocenters. The lowest BCUT2D eigenvalue weighted by molar-refractivity contribution is -0.0389. The summed E-state index contributed by atoms with van der Waals surface area (Å²) in [5, 5.41) is 18.0. The Labute approximate surface area is 87.4 Å². The van der Waals surface area contributed by atoms with Gasteiger partial charge in [0.15, 0.2) is 0 Å². The lowest BCUT2D eigenvalue weighted by Gasteiger charge is -2.09. The van der Waals surface area contributed by atoms with Gasteiger partial charge in [-0.25, -0.2) is 4.39 Å². The average molecular weight is 214 g/mol. The van der Waals surface area contributed by atoms with Crippen LogP contribution in [0.5, 0.6) is 0 Å². The molecule has 0 aliphatic heterocycles. The van der Waals surface area contributed by atoms with Crippen molar-refractivity contribution in [2.75, 3.05) is 13.9 Å². The lowest BCUT2D eigenvalue weighted by Crippen LogP contribution is -2.33. The third-order valence-corrected chi connectivity index (χ3v) is 1.84. The molecule has 0 heterocycles. The van der Waals surface area contributed by atoms with Crippen LogP contribution >= 0.6 is 0 Å². The second-order valence-electron chi connectivity index (χ2n) is 2.97. The molecule has 0 amide bonds. The highest BCUT2D eigenvalue weighted by Crippen LogP contribution is 2.03. The van der Waals surface area contributed by atoms with Gasteiger partial charge in [-0.2, -0.15) is 0 Å². The first-order valence-electron chi connectivity index (χ1n) is 4.36. The fourth-order valence-corrected chi connectivity index (χ4v) is 1.19. The van der Waals surface area contributed by atoms with Crippen LogP contribution in [-0.2, 0) is 16.1 Å². The van der Waals surface area contributed by atoms with E-state index < -0.39 is 12.9 Å². The molecule has 15 heavy (non-hydrogen) atoms. The number of ether oxygens (including phenoxy) is 2. The molecule has 0 spiro atoms. The van der Waals surface area contributed by atoms with Crippen molar-refractivity contribution < 1.29 is 23.9 Å². The zero-order chi connectivity index (χ0) is 11.3. The number of methoxy groups -OCH3 is 1. The minimum atomic E-state index is -1.63. The van der Waals surface area contributed by atoms with Crippen molar-refractivity contribution in [3.63, 3.8) is 0 Å². The van der Waals surface area contributed by atoms with Crippen LogP contribution in [0, 0.1) is 5.82 Å². The minimum absolute atomic E-state index is 0.0669. The maximum Gasteiger partial charge on any atom is 0.488 e. The van der Waals surface area contributed by atoms with Crippen LogP contribution in [0.1, 0.15) is 5.56 Å². The van der Waals surface area contributed by atoms with Crippen molar-refractivity contribution in [3.05, 3.63) is 29.6 Å². The number of halogens is 1. The van der Waals surface area contributed by atoms with Crippen molar-refractivity contribution in [1.82, 2.24) is 0 Å². The standard InChI is InChI=1S/C9H12BFO4/c1-14-6-15-5-7-4-8(11)2-3-9(7)10(12)13/h2-4,12-13H,5-6H2,1H3. The van der Waals surface area contributed by atoms with Crippen molar-refractivity contribution in [2.24, 2.45) is 0 Å². The minimum Gasteiger partial charge on any atom is -0.423 e. The fourth-order valence-electron chi connectivity index (χ4n) is 1.19. The maximum absolute atomic E-state index is 12.9. The second kappa shape index (κ2) is 5.82. The number of hydrogen-bond donors (Lipinski definition) is 2. The molecule has 0 saturated carbocycles. The molecule has 0 aliphatic rings. The van der Waals surface area contributed by atoms with Crippen molar-refractivity contribution in [1.29, 1.82) is 0 Å². The summed E-state index contributed by atoms with van der Waals surface area (Å²) in [5.74, 6) is -0.449. The third kappa shape index (κ3) is 3.60. The highest BCUT2D eigenvalue weighted by molar-refractivity contribution is 6.59. The molecule has 0 aromatic heterocycles. The molecule has 2 N–H and O–H groups in total. The second-order valence-corrected chi connectivity index (χ2v) is 2.97. The summed E-state index contributed by atoms with van der Waals surface area (Å²) in [4.78, 5) is 0. The van der Waals surface area contributed by atoms with Crippen LogP contribution in [0.4, 0.5) is 4.39 Å². The van der Waals surface area contributed by atoms with Gasteiger partial charge in [-0.1, -0.05) is 6.07 Å². The molecule has 0 fully saturated rings. The van der Waals surface area contributed by atoms with Gasteiger partial charge in [0.05, 0.1) is 6.61 Å². The van der Waals surface area contributed by atoms with Crippen molar-refractivity contribution in [2.45, 2.75) is 6.61 Å². The molecule has 0 aliphatic carbocycles. The molecule has 1 aromatic carbocycles. The first kappa shape index (κ1) is 12.1. The molecule has 1 rings (SSSR count). The van der Waals surface area contributed by atoms with Crippen LogP contribution in [0.15, 0.2) is 18.2 Å². The van der Waals surface area contributed by atoms with Crippen LogP contribution in [0.3, 0.4) is 0 Å². The Bertz CT molecular complexity index is 319. The third-order valence-electron chi connectivity index (χ3n) is 1.84. The normalized spacial score (nSPS) is 10.4. The molecule has 82 valence electrons. The van der Waals surface area contributed by atoms with Crippen LogP contribution in [0.2, 0.25) is 0 Å². The molecule has 4 nitrogen and oxygen atoms in total. The first-order chi connectivity index (χ1) is 7.15. The molecule has 0 radical (unpaired) electrons. The zero-order valence-corrected chi connectivity index (χ0v) is 8.31. The molecular formula is C9H12BFO4. The zero-order valence-electron chi connectivity index (χ0n) is 8.31. The molecular weight excluding hydrogens is 202 g/mol. The van der Waals surface area contributed by atoms with E-state index in [0.29, 0.717) is 5.56 Å². The van der Waals surface area contributed by atoms with Crippen LogP contribution < -0.4 is 5.46 Å². The Hall–Kier alpha value is -0.945. The predicted molar refractivity (Wildman–Crippen MR) is 52.9 cm³/mol. The highest BCUT2D eigenvalue weighted by Gasteiger charge is 2.16. The SMILES string of the molecule is COCOCc1cc(F)ccc1B(O)O. The van der Waals surface area contributed by atoms with E-state index in [0.717, 1.165) is 6.07 Å². The van der Waals surface area contributed by atoms with Crippen LogP contribution in [-0.4, -0.2) is 31.1 Å². The van der Waals surface area contributed by atoms with E-state index >= 15 is 0 Å². The van der Waals surface area contributed by atoms with Gasteiger partial charge in [-0.05, 0) is 23.2 Å². The summed E-state index contributed by atoms with van der Waals surface area (Å²) >= 11 is 0. The Kier molecular flexibility index (Phi) is 4.70. The summed E-state index contributed by atoms with van der Waals surface area (Å²) in [5.41, 5.74) is 0.620. The van der Waals surface area contributed by atoms with Gasteiger partial charge in [0.1, 0.15) is 12.6 Å². The highest BCUT2D eigenvalue weighted by atomic mass is 19.1. The number of benzene rings is 1. The van der Waals surface area contributed by atoms with Gasteiger partial charge < -0.3 is 19.5 Å². The average Bonchev–Trinajstić information content (AvgIpc) is 2.18. The Morgan fingerprint density at radius 1 is 1.40 bits per heavy atom. The molecule has 0 bridgehead atoms. The van der Waals surface area contributed by atoms with E-state index in [9.17, 15) is 4.39 Å². The monoisotopic (exact) mass is 214 g/mol. The Morgan fingerprint density at radius 2 is 2.13 bits per heavy atom. The summed E-state index contributed by atoms with van der Waals surface area (Å²) < 4.78 is 22.5. The summed E-state index contributed by atoms with van der Waals surface area (Å²) in [6.07, 6.45) is 0. The van der Waals surface area contributed by atoms with Crippen molar-refractivity contribution >= 4 is 12.6 Å². The van der Waals surface area contributed by atoms with Gasteiger partial charge >= 0.3 is 7.12 Å².